The number of pyridine rings is 1. The fourth-order valence-corrected chi connectivity index (χ4v) is 6.10. The zero-order valence-electron chi connectivity index (χ0n) is 20.3. The van der Waals surface area contributed by atoms with Gasteiger partial charge < -0.3 is 14.6 Å². The molecule has 1 amide bonds. The van der Waals surface area contributed by atoms with Crippen molar-refractivity contribution in [1.82, 2.24) is 14.9 Å². The summed E-state index contributed by atoms with van der Waals surface area (Å²) in [5.74, 6) is 0.710. The van der Waals surface area contributed by atoms with Crippen molar-refractivity contribution < 1.29 is 9.53 Å². The smallest absolute Gasteiger partial charge is 0.410 e. The van der Waals surface area contributed by atoms with Crippen LogP contribution < -0.4 is 10.1 Å². The first-order chi connectivity index (χ1) is 17.3. The molecule has 0 unspecified atom stereocenters. The van der Waals surface area contributed by atoms with Crippen molar-refractivity contribution in [3.8, 4) is 5.75 Å². The molecule has 4 rings (SSSR count). The van der Waals surface area contributed by atoms with Crippen molar-refractivity contribution in [1.29, 1.82) is 0 Å². The SMILES string of the molecule is Cc1c(CNC(=O)Oc2ccccc2)c(C(C)C)c(Sc2cc(Cl)cc(Cl)c2)n1Cc1ccncc1. The molecule has 8 heteroatoms. The molecule has 36 heavy (non-hydrogen) atoms. The summed E-state index contributed by atoms with van der Waals surface area (Å²) < 4.78 is 7.71. The molecule has 0 spiro atoms. The molecule has 0 fully saturated rings. The van der Waals surface area contributed by atoms with Crippen molar-refractivity contribution in [3.63, 3.8) is 0 Å². The molecule has 0 saturated heterocycles. The first-order valence-corrected chi connectivity index (χ1v) is 13.1. The summed E-state index contributed by atoms with van der Waals surface area (Å²) in [5.41, 5.74) is 4.45. The van der Waals surface area contributed by atoms with Crippen LogP contribution in [0, 0.1) is 6.92 Å². The molecule has 1 N–H and O–H groups in total. The summed E-state index contributed by atoms with van der Waals surface area (Å²) in [6, 6.07) is 18.6. The van der Waals surface area contributed by atoms with Crippen molar-refractivity contribution in [3.05, 3.63) is 105 Å². The Morgan fingerprint density at radius 2 is 1.72 bits per heavy atom. The Balaban J connectivity index is 1.70. The van der Waals surface area contributed by atoms with Crippen LogP contribution in [0.4, 0.5) is 4.79 Å². The van der Waals surface area contributed by atoms with Gasteiger partial charge in [0.15, 0.2) is 0 Å². The number of nitrogens with one attached hydrogen (secondary N) is 1. The van der Waals surface area contributed by atoms with Gasteiger partial charge in [-0.05, 0) is 72.0 Å². The minimum absolute atomic E-state index is 0.210. The molecule has 0 aliphatic heterocycles. The number of aromatic nitrogens is 2. The summed E-state index contributed by atoms with van der Waals surface area (Å²) >= 11 is 14.2. The minimum atomic E-state index is -0.493. The predicted octanol–water partition coefficient (Wildman–Crippen LogP) is 8.11. The van der Waals surface area contributed by atoms with Gasteiger partial charge in [0.05, 0.1) is 5.03 Å². The predicted molar refractivity (Wildman–Crippen MR) is 146 cm³/mol. The quantitative estimate of drug-likeness (QED) is 0.245. The highest BCUT2D eigenvalue weighted by molar-refractivity contribution is 7.99. The molecular weight excluding hydrogens is 513 g/mol. The molecule has 0 aliphatic carbocycles. The van der Waals surface area contributed by atoms with E-state index in [0.717, 1.165) is 26.7 Å². The van der Waals surface area contributed by atoms with E-state index in [2.05, 4.69) is 35.6 Å². The van der Waals surface area contributed by atoms with Crippen molar-refractivity contribution in [2.24, 2.45) is 0 Å². The number of nitrogens with zero attached hydrogens (tertiary/aromatic N) is 2. The number of rotatable bonds is 8. The molecule has 0 radical (unpaired) electrons. The van der Waals surface area contributed by atoms with E-state index < -0.39 is 6.09 Å². The molecule has 0 aliphatic rings. The third-order valence-corrected chi connectivity index (χ3v) is 7.27. The summed E-state index contributed by atoms with van der Waals surface area (Å²) in [5, 5.41) is 5.20. The van der Waals surface area contributed by atoms with Crippen LogP contribution in [0.25, 0.3) is 0 Å². The third kappa shape index (κ3) is 6.44. The molecule has 2 heterocycles. The Bertz CT molecular complexity index is 1320. The van der Waals surface area contributed by atoms with Crippen LogP contribution >= 0.6 is 35.0 Å². The second kappa shape index (κ2) is 11.9. The lowest BCUT2D eigenvalue weighted by Gasteiger charge is -2.15. The third-order valence-electron chi connectivity index (χ3n) is 5.72. The average molecular weight is 541 g/mol. The minimum Gasteiger partial charge on any atom is -0.410 e. The molecule has 0 atom stereocenters. The molecule has 2 aromatic heterocycles. The van der Waals surface area contributed by atoms with Gasteiger partial charge >= 0.3 is 6.09 Å². The first kappa shape index (κ1) is 26.1. The maximum absolute atomic E-state index is 12.5. The van der Waals surface area contributed by atoms with E-state index in [4.69, 9.17) is 27.9 Å². The second-order valence-corrected chi connectivity index (χ2v) is 10.6. The lowest BCUT2D eigenvalue weighted by atomic mass is 10.0. The number of carbonyl (C=O) groups excluding carboxylic acids is 1. The summed E-state index contributed by atoms with van der Waals surface area (Å²) in [7, 11) is 0. The largest absolute Gasteiger partial charge is 0.412 e. The standard InChI is InChI=1S/C28H27Cl2N3O2S/c1-18(2)26-25(16-32-28(34)35-23-7-5-4-6-8-23)19(3)33(17-20-9-11-31-12-10-20)27(26)36-24-14-21(29)13-22(30)15-24/h4-15,18H,16-17H2,1-3H3,(H,32,34). The zero-order valence-corrected chi connectivity index (χ0v) is 22.6. The van der Waals surface area contributed by atoms with Gasteiger partial charge in [-0.3, -0.25) is 4.98 Å². The van der Waals surface area contributed by atoms with Gasteiger partial charge in [0.25, 0.3) is 0 Å². The van der Waals surface area contributed by atoms with Crippen LogP contribution in [0.1, 0.15) is 42.1 Å². The average Bonchev–Trinajstić information content (AvgIpc) is 3.09. The maximum Gasteiger partial charge on any atom is 0.412 e. The van der Waals surface area contributed by atoms with Crippen molar-refractivity contribution in [2.45, 2.75) is 49.7 Å². The normalized spacial score (nSPS) is 11.1. The van der Waals surface area contributed by atoms with E-state index in [-0.39, 0.29) is 5.92 Å². The van der Waals surface area contributed by atoms with Crippen LogP contribution in [0.5, 0.6) is 5.75 Å². The number of hydrogen-bond donors (Lipinski definition) is 1. The van der Waals surface area contributed by atoms with Crippen LogP contribution in [0.15, 0.2) is 83.0 Å². The van der Waals surface area contributed by atoms with Gasteiger partial charge in [-0.1, -0.05) is 67.0 Å². The molecular formula is C28H27Cl2N3O2S. The van der Waals surface area contributed by atoms with Crippen LogP contribution in [0.2, 0.25) is 10.0 Å². The number of para-hydroxylation sites is 1. The Morgan fingerprint density at radius 1 is 1.06 bits per heavy atom. The van der Waals surface area contributed by atoms with Crippen LogP contribution in [-0.2, 0) is 13.1 Å². The van der Waals surface area contributed by atoms with Crippen LogP contribution in [-0.4, -0.2) is 15.6 Å². The zero-order chi connectivity index (χ0) is 25.7. The topological polar surface area (TPSA) is 56.1 Å². The van der Waals surface area contributed by atoms with Gasteiger partial charge in [-0.15, -0.1) is 0 Å². The van der Waals surface area contributed by atoms with Gasteiger partial charge in [0, 0.05) is 46.1 Å². The first-order valence-electron chi connectivity index (χ1n) is 11.6. The molecule has 186 valence electrons. The Morgan fingerprint density at radius 3 is 2.36 bits per heavy atom. The number of benzene rings is 2. The van der Waals surface area contributed by atoms with Gasteiger partial charge in [-0.2, -0.15) is 0 Å². The maximum atomic E-state index is 12.5. The van der Waals surface area contributed by atoms with E-state index in [9.17, 15) is 4.79 Å². The molecule has 4 aromatic rings. The number of halogens is 2. The highest BCUT2D eigenvalue weighted by atomic mass is 35.5. The number of hydrogen-bond acceptors (Lipinski definition) is 4. The molecule has 2 aromatic carbocycles. The van der Waals surface area contributed by atoms with Gasteiger partial charge in [0.2, 0.25) is 0 Å². The number of ether oxygens (including phenoxy) is 1. The molecule has 5 nitrogen and oxygen atoms in total. The molecule has 0 saturated carbocycles. The Kier molecular flexibility index (Phi) is 8.62. The fourth-order valence-electron chi connectivity index (χ4n) is 4.07. The fraction of sp³-hybridized carbons (Fsp3) is 0.214. The second-order valence-electron chi connectivity index (χ2n) is 8.64. The number of amides is 1. The lowest BCUT2D eigenvalue weighted by molar-refractivity contribution is 0.200. The van der Waals surface area contributed by atoms with E-state index in [1.807, 2.05) is 42.5 Å². The Labute approximate surface area is 225 Å². The van der Waals surface area contributed by atoms with E-state index in [0.29, 0.717) is 28.9 Å². The van der Waals surface area contributed by atoms with Gasteiger partial charge in [-0.25, -0.2) is 4.79 Å². The van der Waals surface area contributed by atoms with Gasteiger partial charge in [0.1, 0.15) is 5.75 Å². The molecule has 0 bridgehead atoms. The van der Waals surface area contributed by atoms with E-state index >= 15 is 0 Å². The number of carbonyl (C=O) groups is 1. The van der Waals surface area contributed by atoms with E-state index in [1.54, 1.807) is 42.4 Å². The summed E-state index contributed by atoms with van der Waals surface area (Å²) in [6.07, 6.45) is 3.10. The van der Waals surface area contributed by atoms with Crippen LogP contribution in [0.3, 0.4) is 0 Å². The Hall–Kier alpha value is -2.93. The summed E-state index contributed by atoms with van der Waals surface area (Å²) in [6.45, 7) is 7.41. The highest BCUT2D eigenvalue weighted by Gasteiger charge is 2.24. The monoisotopic (exact) mass is 539 g/mol. The summed E-state index contributed by atoms with van der Waals surface area (Å²) in [4.78, 5) is 17.6. The lowest BCUT2D eigenvalue weighted by Crippen LogP contribution is -2.27. The highest BCUT2D eigenvalue weighted by Crippen LogP contribution is 2.41. The van der Waals surface area contributed by atoms with Crippen molar-refractivity contribution >= 4 is 41.1 Å². The van der Waals surface area contributed by atoms with Crippen molar-refractivity contribution in [2.75, 3.05) is 0 Å². The van der Waals surface area contributed by atoms with E-state index in [1.165, 1.54) is 5.56 Å².